The molecule has 0 radical (unpaired) electrons. The number of carbonyl (C=O) groups excluding carboxylic acids is 1. The van der Waals surface area contributed by atoms with Gasteiger partial charge in [-0.05, 0) is 29.4 Å². The molecule has 0 aromatic rings. The van der Waals surface area contributed by atoms with Crippen molar-refractivity contribution < 1.29 is 4.79 Å². The average molecular weight is 135 g/mol. The van der Waals surface area contributed by atoms with E-state index in [0.717, 1.165) is 12.8 Å². The van der Waals surface area contributed by atoms with Gasteiger partial charge in [0.05, 0.1) is 0 Å². The fourth-order valence-corrected chi connectivity index (χ4v) is 0.457. The van der Waals surface area contributed by atoms with Gasteiger partial charge in [0.25, 0.3) is 5.91 Å². The van der Waals surface area contributed by atoms with Crippen molar-refractivity contribution in [3.05, 3.63) is 10.4 Å². The highest BCUT2D eigenvalue weighted by atomic mass is 16.1. The molecule has 1 aliphatic rings. The Labute approximate surface area is 57.9 Å². The van der Waals surface area contributed by atoms with Crippen LogP contribution in [-0.2, 0) is 4.79 Å². The quantitative estimate of drug-likeness (QED) is 0.213. The van der Waals surface area contributed by atoms with E-state index in [1.807, 2.05) is 0 Å². The number of rotatable bonds is 0. The molecule has 0 spiro atoms. The van der Waals surface area contributed by atoms with Crippen molar-refractivity contribution in [1.29, 1.82) is 0 Å². The Balaban J connectivity index is 2.44. The first-order valence-corrected chi connectivity index (χ1v) is 2.93. The zero-order chi connectivity index (χ0) is 7.40. The monoisotopic (exact) mass is 135 g/mol. The second-order valence-electron chi connectivity index (χ2n) is 2.04. The highest BCUT2D eigenvalue weighted by Crippen LogP contribution is 2.27. The Morgan fingerprint density at radius 2 is 2.40 bits per heavy atom. The van der Waals surface area contributed by atoms with Gasteiger partial charge in [0.2, 0.25) is 0 Å². The molecule has 0 aromatic heterocycles. The molecule has 0 saturated heterocycles. The SMILES string of the molecule is [N-]=[N+]=NC(=O)C#CC1CC1. The lowest BCUT2D eigenvalue weighted by molar-refractivity contribution is -0.112. The summed E-state index contributed by atoms with van der Waals surface area (Å²) in [4.78, 5) is 12.7. The third-order valence-corrected chi connectivity index (χ3v) is 1.10. The molecule has 1 saturated carbocycles. The third-order valence-electron chi connectivity index (χ3n) is 1.10. The van der Waals surface area contributed by atoms with E-state index in [1.54, 1.807) is 0 Å². The third kappa shape index (κ3) is 2.21. The predicted octanol–water partition coefficient (Wildman–Crippen LogP) is 1.24. The van der Waals surface area contributed by atoms with Crippen LogP contribution < -0.4 is 0 Å². The van der Waals surface area contributed by atoms with Crippen molar-refractivity contribution in [2.75, 3.05) is 0 Å². The molecule has 0 aliphatic heterocycles. The number of carbonyl (C=O) groups is 1. The lowest BCUT2D eigenvalue weighted by atomic mass is 10.4. The van der Waals surface area contributed by atoms with Crippen LogP contribution in [0, 0.1) is 17.8 Å². The summed E-state index contributed by atoms with van der Waals surface area (Å²) in [5, 5.41) is 2.79. The maximum Gasteiger partial charge on any atom is 0.292 e. The lowest BCUT2D eigenvalue weighted by Gasteiger charge is -1.70. The molecule has 1 amide bonds. The van der Waals surface area contributed by atoms with Gasteiger partial charge in [-0.2, -0.15) is 0 Å². The zero-order valence-corrected chi connectivity index (χ0v) is 5.24. The molecule has 0 N–H and O–H groups in total. The molecule has 0 bridgehead atoms. The van der Waals surface area contributed by atoms with Gasteiger partial charge in [-0.1, -0.05) is 5.92 Å². The van der Waals surface area contributed by atoms with Crippen molar-refractivity contribution in [2.45, 2.75) is 12.8 Å². The number of nitrogens with zero attached hydrogens (tertiary/aromatic N) is 3. The van der Waals surface area contributed by atoms with Crippen LogP contribution in [0.15, 0.2) is 5.11 Å². The van der Waals surface area contributed by atoms with Crippen molar-refractivity contribution in [3.63, 3.8) is 0 Å². The summed E-state index contributed by atoms with van der Waals surface area (Å²) in [6, 6.07) is 0. The summed E-state index contributed by atoms with van der Waals surface area (Å²) in [5.41, 5.74) is 7.79. The first kappa shape index (κ1) is 6.66. The van der Waals surface area contributed by atoms with E-state index < -0.39 is 5.91 Å². The highest BCUT2D eigenvalue weighted by Gasteiger charge is 2.17. The van der Waals surface area contributed by atoms with Crippen molar-refractivity contribution in [2.24, 2.45) is 11.0 Å². The lowest BCUT2D eigenvalue weighted by Crippen LogP contribution is -1.83. The first-order chi connectivity index (χ1) is 4.83. The summed E-state index contributed by atoms with van der Waals surface area (Å²) in [7, 11) is 0. The van der Waals surface area contributed by atoms with Gasteiger partial charge in [-0.15, -0.1) is 0 Å². The Hall–Kier alpha value is -1.46. The molecule has 50 valence electrons. The van der Waals surface area contributed by atoms with Crippen molar-refractivity contribution >= 4 is 5.91 Å². The maximum atomic E-state index is 10.4. The van der Waals surface area contributed by atoms with Gasteiger partial charge in [0.1, 0.15) is 0 Å². The van der Waals surface area contributed by atoms with Gasteiger partial charge in [0, 0.05) is 10.8 Å². The van der Waals surface area contributed by atoms with Crippen molar-refractivity contribution in [1.82, 2.24) is 0 Å². The molecule has 4 nitrogen and oxygen atoms in total. The van der Waals surface area contributed by atoms with Crippen molar-refractivity contribution in [3.8, 4) is 11.8 Å². The largest absolute Gasteiger partial charge is 0.292 e. The van der Waals surface area contributed by atoms with Crippen LogP contribution >= 0.6 is 0 Å². The van der Waals surface area contributed by atoms with Gasteiger partial charge >= 0.3 is 0 Å². The van der Waals surface area contributed by atoms with Gasteiger partial charge in [-0.25, -0.2) is 0 Å². The molecule has 0 aromatic carbocycles. The number of hydrogen-bond donors (Lipinski definition) is 0. The minimum atomic E-state index is -0.686. The summed E-state index contributed by atoms with van der Waals surface area (Å²) >= 11 is 0. The standard InChI is InChI=1S/C6H5N3O/c7-9-8-6(10)4-3-5-1-2-5/h5H,1-2H2. The Morgan fingerprint density at radius 3 is 2.90 bits per heavy atom. The van der Waals surface area contributed by atoms with Crippen LogP contribution in [0.4, 0.5) is 0 Å². The molecule has 0 unspecified atom stereocenters. The van der Waals surface area contributed by atoms with E-state index in [9.17, 15) is 4.79 Å². The van der Waals surface area contributed by atoms with E-state index in [1.165, 1.54) is 0 Å². The molecule has 4 heteroatoms. The summed E-state index contributed by atoms with van der Waals surface area (Å²) < 4.78 is 0. The minimum absolute atomic E-state index is 0.373. The normalized spacial score (nSPS) is 14.4. The van der Waals surface area contributed by atoms with Gasteiger partial charge in [0.15, 0.2) is 0 Å². The van der Waals surface area contributed by atoms with Crippen LogP contribution in [0.1, 0.15) is 12.8 Å². The van der Waals surface area contributed by atoms with Crippen LogP contribution in [0.25, 0.3) is 10.4 Å². The second kappa shape index (κ2) is 2.90. The molecule has 0 atom stereocenters. The smallest absolute Gasteiger partial charge is 0.278 e. The van der Waals surface area contributed by atoms with Gasteiger partial charge < -0.3 is 0 Å². The van der Waals surface area contributed by atoms with Crippen LogP contribution in [0.5, 0.6) is 0 Å². The Kier molecular flexibility index (Phi) is 1.93. The summed E-state index contributed by atoms with van der Waals surface area (Å²) in [6.07, 6.45) is 2.13. The number of azide groups is 1. The predicted molar refractivity (Wildman–Crippen MR) is 34.7 cm³/mol. The molecular formula is C6H5N3O. The fourth-order valence-electron chi connectivity index (χ4n) is 0.457. The number of amides is 1. The minimum Gasteiger partial charge on any atom is -0.278 e. The molecular weight excluding hydrogens is 130 g/mol. The topological polar surface area (TPSA) is 65.8 Å². The zero-order valence-electron chi connectivity index (χ0n) is 5.24. The summed E-state index contributed by atoms with van der Waals surface area (Å²) in [6.45, 7) is 0. The second-order valence-corrected chi connectivity index (χ2v) is 2.04. The molecule has 10 heavy (non-hydrogen) atoms. The molecule has 1 rings (SSSR count). The van der Waals surface area contributed by atoms with Crippen LogP contribution in [-0.4, -0.2) is 5.91 Å². The van der Waals surface area contributed by atoms with Crippen LogP contribution in [0.3, 0.4) is 0 Å². The maximum absolute atomic E-state index is 10.4. The number of hydrogen-bond acceptors (Lipinski definition) is 1. The summed E-state index contributed by atoms with van der Waals surface area (Å²) in [5.74, 6) is 4.60. The molecule has 0 heterocycles. The first-order valence-electron chi connectivity index (χ1n) is 2.93. The van der Waals surface area contributed by atoms with E-state index in [0.29, 0.717) is 5.92 Å². The average Bonchev–Trinajstić information content (AvgIpc) is 2.67. The van der Waals surface area contributed by atoms with Crippen LogP contribution in [0.2, 0.25) is 0 Å². The molecule has 1 fully saturated rings. The van der Waals surface area contributed by atoms with E-state index >= 15 is 0 Å². The van der Waals surface area contributed by atoms with Gasteiger partial charge in [-0.3, -0.25) is 4.79 Å². The highest BCUT2D eigenvalue weighted by molar-refractivity contribution is 5.94. The Bertz CT molecular complexity index is 250. The fraction of sp³-hybridized carbons (Fsp3) is 0.500. The molecule has 1 aliphatic carbocycles. The Morgan fingerprint density at radius 1 is 1.70 bits per heavy atom. The van der Waals surface area contributed by atoms with E-state index in [4.69, 9.17) is 5.53 Å². The van der Waals surface area contributed by atoms with E-state index in [-0.39, 0.29) is 0 Å². The van der Waals surface area contributed by atoms with E-state index in [2.05, 4.69) is 21.9 Å².